The lowest BCUT2D eigenvalue weighted by Gasteiger charge is -2.20. The average molecular weight is 667 g/mol. The highest BCUT2D eigenvalue weighted by molar-refractivity contribution is 5.91. The second-order valence-electron chi connectivity index (χ2n) is 14.4. The molecule has 0 spiro atoms. The number of esters is 1. The maximum Gasteiger partial charge on any atom is 0.407 e. The van der Waals surface area contributed by atoms with E-state index in [1.807, 2.05) is 6.92 Å². The Kier molecular flexibility index (Phi) is 10.1. The standard InChI is InChI=1S/C37H50N2O9/c1-22-24(3)45-29-27(22)14-12-25(10-8-16-36(4)31(29)47-36)20-43-34(41)38-18-6-7-19-39-35(42)44-21-26-11-9-17-37(5)32(48-37)30-28(15-13-26)23(2)33(40)46-30/h10-11,27-32H,1-3,6-9,12-21H2,4-5H3,(H,38,41)(H,39,42)/b25-10+,26-11+/t27-,28-,29-,30-,31-,32-,36+,37+/m0/s1. The Balaban J connectivity index is 0.849. The van der Waals surface area contributed by atoms with Gasteiger partial charge in [-0.1, -0.05) is 31.9 Å². The lowest BCUT2D eigenvalue weighted by Crippen LogP contribution is -2.30. The molecule has 4 heterocycles. The molecule has 0 bridgehead atoms. The van der Waals surface area contributed by atoms with Crippen LogP contribution in [-0.2, 0) is 33.2 Å². The summed E-state index contributed by atoms with van der Waals surface area (Å²) < 4.78 is 34.7. The summed E-state index contributed by atoms with van der Waals surface area (Å²) in [6.07, 6.45) is 10.6. The molecular weight excluding hydrogens is 616 g/mol. The van der Waals surface area contributed by atoms with Crippen LogP contribution in [0.4, 0.5) is 9.59 Å². The zero-order chi connectivity index (χ0) is 34.1. The zero-order valence-electron chi connectivity index (χ0n) is 28.3. The van der Waals surface area contributed by atoms with E-state index in [0.29, 0.717) is 50.1 Å². The summed E-state index contributed by atoms with van der Waals surface area (Å²) in [7, 11) is 0. The van der Waals surface area contributed by atoms with Crippen LogP contribution in [0.3, 0.4) is 0 Å². The number of epoxide rings is 2. The maximum absolute atomic E-state index is 12.4. The minimum absolute atomic E-state index is 0.0521. The van der Waals surface area contributed by atoms with Gasteiger partial charge in [0.25, 0.3) is 0 Å². The van der Waals surface area contributed by atoms with Crippen LogP contribution in [0.15, 0.2) is 59.9 Å². The molecule has 0 aromatic rings. The fourth-order valence-corrected chi connectivity index (χ4v) is 7.65. The number of ether oxygens (including phenoxy) is 6. The molecule has 0 radical (unpaired) electrons. The van der Waals surface area contributed by atoms with Gasteiger partial charge in [0.15, 0.2) is 0 Å². The number of allylic oxidation sites excluding steroid dienone is 3. The van der Waals surface area contributed by atoms with E-state index < -0.39 is 12.2 Å². The van der Waals surface area contributed by atoms with Crippen molar-refractivity contribution in [1.82, 2.24) is 10.6 Å². The quantitative estimate of drug-likeness (QED) is 0.0791. The van der Waals surface area contributed by atoms with Gasteiger partial charge < -0.3 is 39.1 Å². The smallest absolute Gasteiger partial charge is 0.407 e. The molecular formula is C37H50N2O9. The molecule has 4 aliphatic heterocycles. The fraction of sp³-hybridized carbons (Fsp3) is 0.649. The average Bonchev–Trinajstić information content (AvgIpc) is 3.86. The molecule has 0 saturated carbocycles. The van der Waals surface area contributed by atoms with Crippen molar-refractivity contribution in [2.75, 3.05) is 26.3 Å². The number of nitrogens with one attached hydrogen (secondary N) is 2. The third kappa shape index (κ3) is 7.67. The van der Waals surface area contributed by atoms with Gasteiger partial charge in [-0.2, -0.15) is 0 Å². The van der Waals surface area contributed by atoms with E-state index in [2.05, 4.69) is 49.4 Å². The highest BCUT2D eigenvalue weighted by Crippen LogP contribution is 2.52. The molecule has 2 N–H and O–H groups in total. The third-order valence-electron chi connectivity index (χ3n) is 10.9. The van der Waals surface area contributed by atoms with Crippen molar-refractivity contribution in [3.63, 3.8) is 0 Å². The fourth-order valence-electron chi connectivity index (χ4n) is 7.65. The van der Waals surface area contributed by atoms with Crippen LogP contribution in [0.2, 0.25) is 0 Å². The largest absolute Gasteiger partial charge is 0.487 e. The summed E-state index contributed by atoms with van der Waals surface area (Å²) in [5.74, 6) is 0.353. The predicted octanol–water partition coefficient (Wildman–Crippen LogP) is 5.72. The van der Waals surface area contributed by atoms with E-state index in [4.69, 9.17) is 28.4 Å². The first-order valence-corrected chi connectivity index (χ1v) is 17.4. The molecule has 11 heteroatoms. The van der Waals surface area contributed by atoms with Crippen molar-refractivity contribution < 1.29 is 42.8 Å². The summed E-state index contributed by atoms with van der Waals surface area (Å²) >= 11 is 0. The minimum Gasteiger partial charge on any atom is -0.487 e. The van der Waals surface area contributed by atoms with Gasteiger partial charge in [0.05, 0.1) is 11.2 Å². The van der Waals surface area contributed by atoms with E-state index in [1.165, 1.54) is 0 Å². The van der Waals surface area contributed by atoms with Gasteiger partial charge in [0.1, 0.15) is 43.4 Å². The van der Waals surface area contributed by atoms with Crippen molar-refractivity contribution in [3.05, 3.63) is 59.9 Å². The molecule has 262 valence electrons. The number of hydrogen-bond acceptors (Lipinski definition) is 9. The molecule has 2 aliphatic carbocycles. The second kappa shape index (κ2) is 14.1. The van der Waals surface area contributed by atoms with Crippen LogP contribution in [0.25, 0.3) is 0 Å². The first-order valence-electron chi connectivity index (χ1n) is 17.4. The van der Waals surface area contributed by atoms with Crippen LogP contribution >= 0.6 is 0 Å². The number of alkyl carbamates (subject to hydrolysis) is 2. The van der Waals surface area contributed by atoms with Gasteiger partial charge in [-0.05, 0) is 94.8 Å². The van der Waals surface area contributed by atoms with Gasteiger partial charge >= 0.3 is 18.2 Å². The Morgan fingerprint density at radius 1 is 0.792 bits per heavy atom. The monoisotopic (exact) mass is 666 g/mol. The van der Waals surface area contributed by atoms with Crippen LogP contribution in [-0.4, -0.2) is 80.1 Å². The SMILES string of the molecule is C=C1O[C@H]2[C@@H](CC/C(COC(=O)NCCCCNC(=O)OC/C3=C/CC[C@@]4(C)O[C@H]4[C@H]4OC(=O)C(=C)[C@@H]4CC3)=C\CC[C@@]3(C)O[C@@H]23)C1=C. The zero-order valence-corrected chi connectivity index (χ0v) is 28.3. The summed E-state index contributed by atoms with van der Waals surface area (Å²) in [5.41, 5.74) is 3.01. The van der Waals surface area contributed by atoms with Crippen molar-refractivity contribution >= 4 is 18.2 Å². The Bertz CT molecular complexity index is 1300. The van der Waals surface area contributed by atoms with Gasteiger partial charge in [-0.25, -0.2) is 14.4 Å². The van der Waals surface area contributed by atoms with Crippen LogP contribution in [0.5, 0.6) is 0 Å². The van der Waals surface area contributed by atoms with Gasteiger partial charge in [-0.15, -0.1) is 0 Å². The Labute approximate surface area is 283 Å². The van der Waals surface area contributed by atoms with Crippen LogP contribution in [0.1, 0.15) is 78.1 Å². The molecule has 0 aromatic heterocycles. The van der Waals surface area contributed by atoms with Crippen molar-refractivity contribution in [2.45, 2.75) is 114 Å². The number of carbonyl (C=O) groups is 3. The summed E-state index contributed by atoms with van der Waals surface area (Å²) in [6, 6.07) is 0. The number of carbonyl (C=O) groups excluding carboxylic acids is 3. The predicted molar refractivity (Wildman–Crippen MR) is 177 cm³/mol. The van der Waals surface area contributed by atoms with Crippen molar-refractivity contribution in [2.24, 2.45) is 11.8 Å². The molecule has 0 aromatic carbocycles. The summed E-state index contributed by atoms with van der Waals surface area (Å²) in [6.45, 7) is 17.6. The van der Waals surface area contributed by atoms with E-state index in [1.54, 1.807) is 0 Å². The Morgan fingerprint density at radius 3 is 1.79 bits per heavy atom. The van der Waals surface area contributed by atoms with Crippen molar-refractivity contribution in [1.29, 1.82) is 0 Å². The topological polar surface area (TPSA) is 137 Å². The molecule has 0 unspecified atom stereocenters. The van der Waals surface area contributed by atoms with Crippen LogP contribution in [0, 0.1) is 11.8 Å². The normalized spacial score (nSPS) is 37.8. The lowest BCUT2D eigenvalue weighted by atomic mass is 9.83. The molecule has 8 atom stereocenters. The highest BCUT2D eigenvalue weighted by atomic mass is 16.7. The molecule has 4 saturated heterocycles. The molecule has 4 fully saturated rings. The van der Waals surface area contributed by atoms with Crippen LogP contribution < -0.4 is 10.6 Å². The van der Waals surface area contributed by atoms with E-state index in [-0.39, 0.29) is 66.6 Å². The van der Waals surface area contributed by atoms with E-state index in [9.17, 15) is 14.4 Å². The maximum atomic E-state index is 12.4. The number of unbranched alkanes of at least 4 members (excludes halogenated alkanes) is 1. The second-order valence-corrected chi connectivity index (χ2v) is 14.4. The molecule has 2 amide bonds. The summed E-state index contributed by atoms with van der Waals surface area (Å²) in [5, 5.41) is 5.58. The third-order valence-corrected chi connectivity index (χ3v) is 10.9. The Morgan fingerprint density at radius 2 is 1.27 bits per heavy atom. The summed E-state index contributed by atoms with van der Waals surface area (Å²) in [4.78, 5) is 36.9. The van der Waals surface area contributed by atoms with E-state index >= 15 is 0 Å². The molecule has 6 aliphatic rings. The van der Waals surface area contributed by atoms with Gasteiger partial charge in [-0.3, -0.25) is 0 Å². The first kappa shape index (κ1) is 34.3. The highest BCUT2D eigenvalue weighted by Gasteiger charge is 2.62. The minimum atomic E-state index is -0.486. The van der Waals surface area contributed by atoms with Gasteiger partial charge in [0, 0.05) is 30.5 Å². The number of fused-ring (bicyclic) bond motifs is 6. The number of hydrogen-bond donors (Lipinski definition) is 2. The first-order chi connectivity index (χ1) is 23.0. The molecule has 11 nitrogen and oxygen atoms in total. The van der Waals surface area contributed by atoms with Gasteiger partial charge in [0.2, 0.25) is 0 Å². The number of amides is 2. The molecule has 6 rings (SSSR count). The molecule has 48 heavy (non-hydrogen) atoms. The Hall–Kier alpha value is -3.57. The van der Waals surface area contributed by atoms with Crippen molar-refractivity contribution in [3.8, 4) is 0 Å². The lowest BCUT2D eigenvalue weighted by molar-refractivity contribution is -0.140. The van der Waals surface area contributed by atoms with E-state index in [0.717, 1.165) is 55.2 Å². The number of rotatable bonds is 9.